The predicted octanol–water partition coefficient (Wildman–Crippen LogP) is 1.89. The summed E-state index contributed by atoms with van der Waals surface area (Å²) >= 11 is 0. The number of carbonyl (C=O) groups is 4. The molecular formula is C22H24N2O5. The lowest BCUT2D eigenvalue weighted by molar-refractivity contribution is -0.157. The van der Waals surface area contributed by atoms with E-state index in [1.165, 1.54) is 4.90 Å². The smallest absolute Gasteiger partial charge is 0.308 e. The fourth-order valence-electron chi connectivity index (χ4n) is 3.89. The van der Waals surface area contributed by atoms with Gasteiger partial charge >= 0.3 is 5.97 Å². The van der Waals surface area contributed by atoms with Crippen molar-refractivity contribution in [2.24, 2.45) is 11.8 Å². The minimum Gasteiger partial charge on any atom is -0.447 e. The van der Waals surface area contributed by atoms with Crippen molar-refractivity contribution < 1.29 is 23.9 Å². The summed E-state index contributed by atoms with van der Waals surface area (Å²) in [5, 5.41) is 2.86. The number of allylic oxidation sites excluding steroid dienone is 2. The van der Waals surface area contributed by atoms with Crippen molar-refractivity contribution in [1.82, 2.24) is 10.2 Å². The monoisotopic (exact) mass is 396 g/mol. The third-order valence-electron chi connectivity index (χ3n) is 5.65. The molecule has 4 rings (SSSR count). The van der Waals surface area contributed by atoms with Crippen LogP contribution in [0.2, 0.25) is 0 Å². The van der Waals surface area contributed by atoms with Crippen molar-refractivity contribution in [1.29, 1.82) is 0 Å². The zero-order valence-electron chi connectivity index (χ0n) is 16.1. The van der Waals surface area contributed by atoms with Crippen LogP contribution in [0.15, 0.2) is 42.5 Å². The van der Waals surface area contributed by atoms with Gasteiger partial charge in [-0.25, -0.2) is 0 Å². The number of hydrogen-bond acceptors (Lipinski definition) is 5. The number of nitrogens with one attached hydrogen (secondary N) is 1. The van der Waals surface area contributed by atoms with Crippen LogP contribution in [-0.2, 0) is 23.9 Å². The molecule has 1 aromatic carbocycles. The number of likely N-dealkylation sites (tertiary alicyclic amines) is 1. The molecule has 29 heavy (non-hydrogen) atoms. The third-order valence-corrected chi connectivity index (χ3v) is 5.65. The molecule has 1 heterocycles. The zero-order valence-corrected chi connectivity index (χ0v) is 16.1. The normalized spacial score (nSPS) is 24.2. The van der Waals surface area contributed by atoms with Gasteiger partial charge < -0.3 is 10.1 Å². The number of nitrogens with zero attached hydrogens (tertiary/aromatic N) is 1. The lowest BCUT2D eigenvalue weighted by Crippen LogP contribution is -2.35. The van der Waals surface area contributed by atoms with Gasteiger partial charge in [0.25, 0.3) is 5.91 Å². The van der Waals surface area contributed by atoms with Crippen LogP contribution in [0.4, 0.5) is 0 Å². The summed E-state index contributed by atoms with van der Waals surface area (Å²) in [7, 11) is 0. The summed E-state index contributed by atoms with van der Waals surface area (Å²) < 4.78 is 5.46. The zero-order chi connectivity index (χ0) is 20.4. The average molecular weight is 396 g/mol. The molecule has 1 N–H and O–H groups in total. The van der Waals surface area contributed by atoms with E-state index in [-0.39, 0.29) is 48.6 Å². The number of benzene rings is 1. The van der Waals surface area contributed by atoms with Gasteiger partial charge in [-0.2, -0.15) is 0 Å². The summed E-state index contributed by atoms with van der Waals surface area (Å²) in [5.41, 5.74) is 0.587. The minimum absolute atomic E-state index is 0.0186. The highest BCUT2D eigenvalue weighted by Crippen LogP contribution is 2.35. The Labute approximate surface area is 169 Å². The van der Waals surface area contributed by atoms with Gasteiger partial charge in [-0.3, -0.25) is 24.1 Å². The van der Waals surface area contributed by atoms with Gasteiger partial charge in [0.15, 0.2) is 0 Å². The molecular weight excluding hydrogens is 372 g/mol. The number of carbonyl (C=O) groups excluding carboxylic acids is 4. The van der Waals surface area contributed by atoms with Crippen LogP contribution in [0.3, 0.4) is 0 Å². The molecule has 3 amide bonds. The summed E-state index contributed by atoms with van der Waals surface area (Å²) in [6.07, 6.45) is 5.65. The van der Waals surface area contributed by atoms with Gasteiger partial charge in [0.05, 0.1) is 18.3 Å². The molecule has 7 heteroatoms. The average Bonchev–Trinajstić information content (AvgIpc) is 3.52. The highest BCUT2D eigenvalue weighted by atomic mass is 16.5. The number of esters is 1. The second kappa shape index (κ2) is 8.19. The number of ether oxygens (including phenoxy) is 1. The van der Waals surface area contributed by atoms with Gasteiger partial charge in [0, 0.05) is 18.2 Å². The molecule has 1 aliphatic heterocycles. The summed E-state index contributed by atoms with van der Waals surface area (Å²) in [4.78, 5) is 51.2. The number of hydrogen-bond donors (Lipinski definition) is 1. The lowest BCUT2D eigenvalue weighted by atomic mass is 9.85. The van der Waals surface area contributed by atoms with Crippen LogP contribution >= 0.6 is 0 Å². The van der Waals surface area contributed by atoms with E-state index in [1.807, 2.05) is 18.2 Å². The molecule has 1 saturated heterocycles. The number of rotatable bonds is 7. The van der Waals surface area contributed by atoms with Crippen LogP contribution < -0.4 is 5.32 Å². The Balaban J connectivity index is 1.37. The van der Waals surface area contributed by atoms with E-state index >= 15 is 0 Å². The number of fused-ring (bicyclic) bond motifs is 1. The Morgan fingerprint density at radius 1 is 1.03 bits per heavy atom. The summed E-state index contributed by atoms with van der Waals surface area (Å²) in [6.45, 7) is -0.0186. The van der Waals surface area contributed by atoms with Crippen LogP contribution in [0.1, 0.15) is 43.8 Å². The van der Waals surface area contributed by atoms with Crippen molar-refractivity contribution in [2.75, 3.05) is 6.54 Å². The molecule has 0 unspecified atom stereocenters. The SMILES string of the molecule is O=C(CCN1C(=O)[C@H]2CC=CC[C@H]2C1=O)O[C@@H](C(=O)NC1CC1)c1ccccc1. The van der Waals surface area contributed by atoms with Crippen molar-refractivity contribution in [3.8, 4) is 0 Å². The van der Waals surface area contributed by atoms with E-state index in [9.17, 15) is 19.2 Å². The predicted molar refractivity (Wildman–Crippen MR) is 103 cm³/mol. The van der Waals surface area contributed by atoms with Gasteiger partial charge in [-0.05, 0) is 25.7 Å². The first kappa shape index (κ1) is 19.4. The maximum absolute atomic E-state index is 12.6. The lowest BCUT2D eigenvalue weighted by Gasteiger charge is -2.19. The molecule has 7 nitrogen and oxygen atoms in total. The van der Waals surface area contributed by atoms with Gasteiger partial charge in [-0.1, -0.05) is 42.5 Å². The molecule has 1 aromatic rings. The molecule has 2 aliphatic carbocycles. The van der Waals surface area contributed by atoms with Gasteiger partial charge in [0.1, 0.15) is 0 Å². The highest BCUT2D eigenvalue weighted by Gasteiger charge is 2.47. The van der Waals surface area contributed by atoms with E-state index in [0.717, 1.165) is 12.8 Å². The standard InChI is InChI=1S/C22H24N2O5/c25-18(12-13-24-21(27)16-8-4-5-9-17(16)22(24)28)29-19(14-6-2-1-3-7-14)20(26)23-15-10-11-15/h1-7,15-17,19H,8-13H2,(H,23,26)/t16-,17+,19-/m1/s1. The van der Waals surface area contributed by atoms with Crippen molar-refractivity contribution >= 4 is 23.7 Å². The summed E-state index contributed by atoms with van der Waals surface area (Å²) in [6, 6.07) is 8.98. The van der Waals surface area contributed by atoms with E-state index in [2.05, 4.69) is 5.32 Å². The molecule has 1 saturated carbocycles. The van der Waals surface area contributed by atoms with Gasteiger partial charge in [0.2, 0.25) is 17.9 Å². The minimum atomic E-state index is -1.04. The Kier molecular flexibility index (Phi) is 5.47. The first-order valence-electron chi connectivity index (χ1n) is 10.1. The van der Waals surface area contributed by atoms with Crippen LogP contribution in [0, 0.1) is 11.8 Å². The topological polar surface area (TPSA) is 92.8 Å². The first-order chi connectivity index (χ1) is 14.0. The number of imide groups is 1. The maximum atomic E-state index is 12.6. The van der Waals surface area contributed by atoms with Crippen molar-refractivity contribution in [2.45, 2.75) is 44.2 Å². The Bertz CT molecular complexity index is 820. The largest absolute Gasteiger partial charge is 0.447 e. The van der Waals surface area contributed by atoms with Crippen molar-refractivity contribution in [3.05, 3.63) is 48.0 Å². The fourth-order valence-corrected chi connectivity index (χ4v) is 3.89. The molecule has 0 bridgehead atoms. The maximum Gasteiger partial charge on any atom is 0.308 e. The van der Waals surface area contributed by atoms with E-state index in [1.54, 1.807) is 24.3 Å². The first-order valence-corrected chi connectivity index (χ1v) is 10.1. The molecule has 3 atom stereocenters. The van der Waals surface area contributed by atoms with E-state index in [4.69, 9.17) is 4.74 Å². The fraction of sp³-hybridized carbons (Fsp3) is 0.455. The van der Waals surface area contributed by atoms with Crippen molar-refractivity contribution in [3.63, 3.8) is 0 Å². The van der Waals surface area contributed by atoms with Gasteiger partial charge in [-0.15, -0.1) is 0 Å². The molecule has 0 spiro atoms. The third kappa shape index (κ3) is 4.23. The molecule has 152 valence electrons. The Morgan fingerprint density at radius 2 is 1.66 bits per heavy atom. The molecule has 3 aliphatic rings. The van der Waals surface area contributed by atoms with E-state index in [0.29, 0.717) is 18.4 Å². The Hall–Kier alpha value is -2.96. The Morgan fingerprint density at radius 3 is 2.24 bits per heavy atom. The van der Waals surface area contributed by atoms with Crippen LogP contribution in [-0.4, -0.2) is 41.2 Å². The molecule has 0 radical (unpaired) electrons. The quantitative estimate of drug-likeness (QED) is 0.432. The van der Waals surface area contributed by atoms with E-state index < -0.39 is 12.1 Å². The highest BCUT2D eigenvalue weighted by molar-refractivity contribution is 6.05. The second-order valence-electron chi connectivity index (χ2n) is 7.80. The summed E-state index contributed by atoms with van der Waals surface area (Å²) in [5.74, 6) is -2.03. The molecule has 2 fully saturated rings. The second-order valence-corrected chi connectivity index (χ2v) is 7.80. The van der Waals surface area contributed by atoms with Crippen LogP contribution in [0.25, 0.3) is 0 Å². The number of amides is 3. The molecule has 0 aromatic heterocycles. The van der Waals surface area contributed by atoms with Crippen LogP contribution in [0.5, 0.6) is 0 Å².